The first-order valence-corrected chi connectivity index (χ1v) is 6.59. The molecule has 1 nitrogen and oxygen atoms in total. The predicted octanol–water partition coefficient (Wildman–Crippen LogP) is 4.54. The molecule has 0 saturated heterocycles. The summed E-state index contributed by atoms with van der Waals surface area (Å²) in [6, 6.07) is 14.4. The zero-order valence-corrected chi connectivity index (χ0v) is 10.6. The molecule has 0 bridgehead atoms. The number of thiophene rings is 1. The summed E-state index contributed by atoms with van der Waals surface area (Å²) in [5.74, 6) is 0. The minimum atomic E-state index is 0.841. The van der Waals surface area contributed by atoms with Gasteiger partial charge in [-0.3, -0.25) is 4.98 Å². The number of rotatable bonds is 2. The average Bonchev–Trinajstić information content (AvgIpc) is 2.75. The van der Waals surface area contributed by atoms with Gasteiger partial charge < -0.3 is 0 Å². The quantitative estimate of drug-likeness (QED) is 0.658. The van der Waals surface area contributed by atoms with E-state index in [-0.39, 0.29) is 0 Å². The Morgan fingerprint density at radius 1 is 1.06 bits per heavy atom. The highest BCUT2D eigenvalue weighted by Gasteiger charge is 2.04. The molecule has 0 saturated carbocycles. The minimum Gasteiger partial charge on any atom is -0.256 e. The molecule has 0 amide bonds. The Morgan fingerprint density at radius 2 is 1.94 bits per heavy atom. The molecule has 0 aliphatic heterocycles. The van der Waals surface area contributed by atoms with Gasteiger partial charge in [-0.25, -0.2) is 0 Å². The molecule has 3 heteroatoms. The van der Waals surface area contributed by atoms with Crippen LogP contribution < -0.4 is 0 Å². The third-order valence-electron chi connectivity index (χ3n) is 2.71. The van der Waals surface area contributed by atoms with Crippen LogP contribution in [0.4, 0.5) is 0 Å². The number of pyridine rings is 1. The topological polar surface area (TPSA) is 12.9 Å². The van der Waals surface area contributed by atoms with Gasteiger partial charge in [-0.15, -0.1) is 11.3 Å². The number of halogens is 1. The standard InChI is InChI=1S/C14H10ClNS/c15-13-7-6-12(17-13)9-11-4-1-3-10-5-2-8-16-14(10)11/h1-8H,9H2. The molecule has 0 unspecified atom stereocenters. The van der Waals surface area contributed by atoms with Crippen molar-refractivity contribution >= 4 is 33.8 Å². The van der Waals surface area contributed by atoms with Crippen LogP contribution >= 0.6 is 22.9 Å². The Labute approximate surface area is 109 Å². The Kier molecular flexibility index (Phi) is 2.83. The van der Waals surface area contributed by atoms with Crippen LogP contribution in [0, 0.1) is 0 Å². The highest BCUT2D eigenvalue weighted by molar-refractivity contribution is 7.16. The van der Waals surface area contributed by atoms with Crippen molar-refractivity contribution < 1.29 is 0 Å². The maximum Gasteiger partial charge on any atom is 0.0931 e. The van der Waals surface area contributed by atoms with Gasteiger partial charge in [-0.05, 0) is 23.8 Å². The highest BCUT2D eigenvalue weighted by atomic mass is 35.5. The number of aromatic nitrogens is 1. The van der Waals surface area contributed by atoms with Crippen molar-refractivity contribution in [3.63, 3.8) is 0 Å². The molecule has 3 aromatic rings. The van der Waals surface area contributed by atoms with Gasteiger partial charge in [0.05, 0.1) is 9.85 Å². The minimum absolute atomic E-state index is 0.841. The molecule has 0 atom stereocenters. The van der Waals surface area contributed by atoms with Gasteiger partial charge in [0.1, 0.15) is 0 Å². The normalized spacial score (nSPS) is 10.9. The maximum absolute atomic E-state index is 5.95. The van der Waals surface area contributed by atoms with Crippen LogP contribution in [-0.2, 0) is 6.42 Å². The largest absolute Gasteiger partial charge is 0.256 e. The molecular weight excluding hydrogens is 250 g/mol. The van der Waals surface area contributed by atoms with E-state index in [0.717, 1.165) is 16.3 Å². The lowest BCUT2D eigenvalue weighted by atomic mass is 10.1. The third-order valence-corrected chi connectivity index (χ3v) is 3.94. The van der Waals surface area contributed by atoms with Crippen molar-refractivity contribution in [1.82, 2.24) is 4.98 Å². The molecule has 17 heavy (non-hydrogen) atoms. The molecule has 0 aliphatic carbocycles. The summed E-state index contributed by atoms with van der Waals surface area (Å²) in [6.45, 7) is 0. The fourth-order valence-electron chi connectivity index (χ4n) is 1.94. The molecule has 3 rings (SSSR count). The van der Waals surface area contributed by atoms with E-state index < -0.39 is 0 Å². The Bertz CT molecular complexity index is 655. The maximum atomic E-state index is 5.95. The van der Waals surface area contributed by atoms with Gasteiger partial charge in [0.15, 0.2) is 0 Å². The van der Waals surface area contributed by atoms with Crippen LogP contribution in [0.15, 0.2) is 48.7 Å². The first-order chi connectivity index (χ1) is 8.33. The second-order valence-corrected chi connectivity index (χ2v) is 5.67. The lowest BCUT2D eigenvalue weighted by molar-refractivity contribution is 1.24. The molecule has 0 spiro atoms. The first kappa shape index (κ1) is 10.8. The molecule has 0 fully saturated rings. The van der Waals surface area contributed by atoms with E-state index in [1.54, 1.807) is 11.3 Å². The summed E-state index contributed by atoms with van der Waals surface area (Å²) in [4.78, 5) is 5.73. The smallest absolute Gasteiger partial charge is 0.0931 e. The zero-order chi connectivity index (χ0) is 11.7. The number of para-hydroxylation sites is 1. The number of nitrogens with zero attached hydrogens (tertiary/aromatic N) is 1. The van der Waals surface area contributed by atoms with E-state index in [1.807, 2.05) is 18.3 Å². The number of hydrogen-bond acceptors (Lipinski definition) is 2. The van der Waals surface area contributed by atoms with E-state index in [1.165, 1.54) is 15.8 Å². The van der Waals surface area contributed by atoms with Gasteiger partial charge in [-0.2, -0.15) is 0 Å². The van der Waals surface area contributed by atoms with Crippen LogP contribution in [0.1, 0.15) is 10.4 Å². The molecule has 84 valence electrons. The van der Waals surface area contributed by atoms with Crippen LogP contribution in [0.3, 0.4) is 0 Å². The first-order valence-electron chi connectivity index (χ1n) is 5.40. The van der Waals surface area contributed by atoms with Crippen molar-refractivity contribution in [1.29, 1.82) is 0 Å². The van der Waals surface area contributed by atoms with Crippen LogP contribution in [0.2, 0.25) is 4.34 Å². The van der Waals surface area contributed by atoms with Crippen molar-refractivity contribution in [3.8, 4) is 0 Å². The van der Waals surface area contributed by atoms with Gasteiger partial charge in [0, 0.05) is 22.9 Å². The number of benzene rings is 1. The molecule has 2 heterocycles. The summed E-state index contributed by atoms with van der Waals surface area (Å²) in [5, 5.41) is 1.19. The van der Waals surface area contributed by atoms with Crippen molar-refractivity contribution in [2.75, 3.05) is 0 Å². The van der Waals surface area contributed by atoms with Crippen LogP contribution in [-0.4, -0.2) is 4.98 Å². The van der Waals surface area contributed by atoms with Crippen molar-refractivity contribution in [2.45, 2.75) is 6.42 Å². The second-order valence-electron chi connectivity index (χ2n) is 3.87. The van der Waals surface area contributed by atoms with Crippen molar-refractivity contribution in [2.24, 2.45) is 0 Å². The van der Waals surface area contributed by atoms with E-state index >= 15 is 0 Å². The summed E-state index contributed by atoms with van der Waals surface area (Å²) in [7, 11) is 0. The average molecular weight is 260 g/mol. The van der Waals surface area contributed by atoms with Crippen molar-refractivity contribution in [3.05, 3.63) is 63.4 Å². The van der Waals surface area contributed by atoms with E-state index in [0.29, 0.717) is 0 Å². The Morgan fingerprint density at radius 3 is 2.76 bits per heavy atom. The second kappa shape index (κ2) is 4.47. The number of hydrogen-bond donors (Lipinski definition) is 0. The molecule has 2 aromatic heterocycles. The zero-order valence-electron chi connectivity index (χ0n) is 9.06. The van der Waals surface area contributed by atoms with Gasteiger partial charge in [0.25, 0.3) is 0 Å². The van der Waals surface area contributed by atoms with E-state index in [2.05, 4.69) is 35.3 Å². The molecular formula is C14H10ClNS. The fourth-order valence-corrected chi connectivity index (χ4v) is 3.06. The van der Waals surface area contributed by atoms with Crippen LogP contribution in [0.5, 0.6) is 0 Å². The van der Waals surface area contributed by atoms with Gasteiger partial charge >= 0.3 is 0 Å². The lowest BCUT2D eigenvalue weighted by Crippen LogP contribution is -1.89. The summed E-state index contributed by atoms with van der Waals surface area (Å²) in [5.41, 5.74) is 2.33. The fraction of sp³-hybridized carbons (Fsp3) is 0.0714. The molecule has 0 radical (unpaired) electrons. The summed E-state index contributed by atoms with van der Waals surface area (Å²) in [6.07, 6.45) is 2.74. The van der Waals surface area contributed by atoms with Crippen LogP contribution in [0.25, 0.3) is 10.9 Å². The Balaban J connectivity index is 2.05. The summed E-state index contributed by atoms with van der Waals surface area (Å²) >= 11 is 7.58. The lowest BCUT2D eigenvalue weighted by Gasteiger charge is -2.03. The predicted molar refractivity (Wildman–Crippen MR) is 73.9 cm³/mol. The third kappa shape index (κ3) is 2.19. The summed E-state index contributed by atoms with van der Waals surface area (Å²) < 4.78 is 0.841. The van der Waals surface area contributed by atoms with Gasteiger partial charge in [-0.1, -0.05) is 35.9 Å². The van der Waals surface area contributed by atoms with Gasteiger partial charge in [0.2, 0.25) is 0 Å². The Hall–Kier alpha value is -1.38. The van der Waals surface area contributed by atoms with E-state index in [4.69, 9.17) is 11.6 Å². The SMILES string of the molecule is Clc1ccc(Cc2cccc3cccnc23)s1. The highest BCUT2D eigenvalue weighted by Crippen LogP contribution is 2.26. The molecule has 0 aliphatic rings. The number of fused-ring (bicyclic) bond motifs is 1. The van der Waals surface area contributed by atoms with E-state index in [9.17, 15) is 0 Å². The monoisotopic (exact) mass is 259 g/mol. The molecule has 0 N–H and O–H groups in total. The molecule has 1 aromatic carbocycles.